The predicted molar refractivity (Wildman–Crippen MR) is 81.2 cm³/mol. The first kappa shape index (κ1) is 14.2. The van der Waals surface area contributed by atoms with Crippen LogP contribution in [-0.2, 0) is 17.6 Å². The van der Waals surface area contributed by atoms with Gasteiger partial charge in [-0.2, -0.15) is 0 Å². The van der Waals surface area contributed by atoms with E-state index in [2.05, 4.69) is 38.1 Å². The van der Waals surface area contributed by atoms with Gasteiger partial charge in [-0.3, -0.25) is 0 Å². The van der Waals surface area contributed by atoms with Gasteiger partial charge < -0.3 is 4.74 Å². The minimum atomic E-state index is 0.470. The highest BCUT2D eigenvalue weighted by molar-refractivity contribution is 5.23. The zero-order valence-electron chi connectivity index (χ0n) is 12.3. The summed E-state index contributed by atoms with van der Waals surface area (Å²) in [6, 6.07) is 9.03. The smallest absolute Gasteiger partial charge is 0.0981 e. The molecule has 1 aliphatic rings. The largest absolute Gasteiger partial charge is 0.498 e. The SMILES string of the molecule is CCCC1CCC(CCc2ccc(CC)cc2)=CO1. The van der Waals surface area contributed by atoms with Crippen LogP contribution < -0.4 is 0 Å². The van der Waals surface area contributed by atoms with Crippen LogP contribution in [0.2, 0.25) is 0 Å². The summed E-state index contributed by atoms with van der Waals surface area (Å²) in [5.74, 6) is 0. The topological polar surface area (TPSA) is 9.23 Å². The van der Waals surface area contributed by atoms with Crippen molar-refractivity contribution >= 4 is 0 Å². The fourth-order valence-corrected chi connectivity index (χ4v) is 2.63. The van der Waals surface area contributed by atoms with Gasteiger partial charge in [0.15, 0.2) is 0 Å². The molecule has 0 amide bonds. The first-order valence-electron chi connectivity index (χ1n) is 7.73. The Morgan fingerprint density at radius 1 is 1.05 bits per heavy atom. The molecule has 1 aromatic carbocycles. The minimum Gasteiger partial charge on any atom is -0.498 e. The number of allylic oxidation sites excluding steroid dienone is 1. The Kier molecular flexibility index (Phi) is 5.50. The Balaban J connectivity index is 1.79. The predicted octanol–water partition coefficient (Wildman–Crippen LogP) is 5.04. The standard InChI is InChI=1S/C18H26O/c1-3-5-18-13-12-17(14-19-18)11-10-16-8-6-15(4-2)7-9-16/h6-9,14,18H,3-5,10-13H2,1-2H3. The molecule has 1 heterocycles. The molecule has 0 aliphatic carbocycles. The third-order valence-electron chi connectivity index (χ3n) is 3.99. The molecule has 0 fully saturated rings. The molecular formula is C18H26O. The Morgan fingerprint density at radius 2 is 1.79 bits per heavy atom. The molecule has 0 bridgehead atoms. The number of aryl methyl sites for hydroxylation is 2. The van der Waals surface area contributed by atoms with Gasteiger partial charge in [-0.05, 0) is 55.2 Å². The number of ether oxygens (including phenoxy) is 1. The summed E-state index contributed by atoms with van der Waals surface area (Å²) in [6.45, 7) is 4.43. The average molecular weight is 258 g/mol. The van der Waals surface area contributed by atoms with E-state index >= 15 is 0 Å². The molecule has 0 saturated heterocycles. The average Bonchev–Trinajstić information content (AvgIpc) is 2.47. The summed E-state index contributed by atoms with van der Waals surface area (Å²) in [7, 11) is 0. The van der Waals surface area contributed by atoms with E-state index in [9.17, 15) is 0 Å². The van der Waals surface area contributed by atoms with E-state index in [1.54, 1.807) is 0 Å². The van der Waals surface area contributed by atoms with Crippen LogP contribution in [0.1, 0.15) is 57.1 Å². The van der Waals surface area contributed by atoms with Crippen LogP contribution in [0.15, 0.2) is 36.1 Å². The van der Waals surface area contributed by atoms with Gasteiger partial charge in [0.2, 0.25) is 0 Å². The van der Waals surface area contributed by atoms with Gasteiger partial charge in [0, 0.05) is 0 Å². The zero-order valence-corrected chi connectivity index (χ0v) is 12.3. The number of benzene rings is 1. The Bertz CT molecular complexity index is 402. The van der Waals surface area contributed by atoms with Gasteiger partial charge in [0.05, 0.1) is 12.4 Å². The highest BCUT2D eigenvalue weighted by Gasteiger charge is 2.14. The lowest BCUT2D eigenvalue weighted by atomic mass is 9.97. The molecule has 1 atom stereocenters. The van der Waals surface area contributed by atoms with Gasteiger partial charge in [0.1, 0.15) is 0 Å². The van der Waals surface area contributed by atoms with Crippen LogP contribution in [0.5, 0.6) is 0 Å². The lowest BCUT2D eigenvalue weighted by molar-refractivity contribution is 0.109. The van der Waals surface area contributed by atoms with Crippen LogP contribution in [0, 0.1) is 0 Å². The molecule has 1 aromatic rings. The number of rotatable bonds is 6. The molecular weight excluding hydrogens is 232 g/mol. The summed E-state index contributed by atoms with van der Waals surface area (Å²) in [5.41, 5.74) is 4.34. The Morgan fingerprint density at radius 3 is 2.37 bits per heavy atom. The van der Waals surface area contributed by atoms with E-state index < -0.39 is 0 Å². The van der Waals surface area contributed by atoms with Gasteiger partial charge in [0.25, 0.3) is 0 Å². The maximum absolute atomic E-state index is 5.79. The van der Waals surface area contributed by atoms with E-state index in [-0.39, 0.29) is 0 Å². The minimum absolute atomic E-state index is 0.470. The monoisotopic (exact) mass is 258 g/mol. The van der Waals surface area contributed by atoms with E-state index in [0.29, 0.717) is 6.10 Å². The molecule has 19 heavy (non-hydrogen) atoms. The van der Waals surface area contributed by atoms with E-state index in [1.807, 2.05) is 6.26 Å². The molecule has 2 rings (SSSR count). The lowest BCUT2D eigenvalue weighted by Gasteiger charge is -2.22. The van der Waals surface area contributed by atoms with Crippen LogP contribution in [-0.4, -0.2) is 6.10 Å². The van der Waals surface area contributed by atoms with Gasteiger partial charge >= 0.3 is 0 Å². The summed E-state index contributed by atoms with van der Waals surface area (Å²) in [4.78, 5) is 0. The fourth-order valence-electron chi connectivity index (χ4n) is 2.63. The summed E-state index contributed by atoms with van der Waals surface area (Å²) in [6.07, 6.45) is 10.7. The quantitative estimate of drug-likeness (QED) is 0.694. The maximum atomic E-state index is 5.79. The van der Waals surface area contributed by atoms with Crippen molar-refractivity contribution in [3.05, 3.63) is 47.2 Å². The van der Waals surface area contributed by atoms with Crippen molar-refractivity contribution in [3.63, 3.8) is 0 Å². The van der Waals surface area contributed by atoms with Gasteiger partial charge in [-0.25, -0.2) is 0 Å². The summed E-state index contributed by atoms with van der Waals surface area (Å²) >= 11 is 0. The lowest BCUT2D eigenvalue weighted by Crippen LogP contribution is -2.14. The molecule has 0 spiro atoms. The van der Waals surface area contributed by atoms with Crippen LogP contribution >= 0.6 is 0 Å². The molecule has 1 unspecified atom stereocenters. The normalized spacial score (nSPS) is 18.8. The molecule has 104 valence electrons. The third-order valence-corrected chi connectivity index (χ3v) is 3.99. The van der Waals surface area contributed by atoms with Crippen LogP contribution in [0.25, 0.3) is 0 Å². The van der Waals surface area contributed by atoms with Gasteiger partial charge in [-0.15, -0.1) is 0 Å². The number of hydrogen-bond donors (Lipinski definition) is 0. The Hall–Kier alpha value is -1.24. The molecule has 0 N–H and O–H groups in total. The van der Waals surface area contributed by atoms with E-state index in [4.69, 9.17) is 4.74 Å². The first-order valence-corrected chi connectivity index (χ1v) is 7.73. The summed E-state index contributed by atoms with van der Waals surface area (Å²) < 4.78 is 5.79. The highest BCUT2D eigenvalue weighted by atomic mass is 16.5. The molecule has 0 radical (unpaired) electrons. The fraction of sp³-hybridized carbons (Fsp3) is 0.556. The van der Waals surface area contributed by atoms with Crippen molar-refractivity contribution in [2.75, 3.05) is 0 Å². The number of hydrogen-bond acceptors (Lipinski definition) is 1. The maximum Gasteiger partial charge on any atom is 0.0981 e. The second-order valence-corrected chi connectivity index (χ2v) is 5.53. The van der Waals surface area contributed by atoms with Crippen molar-refractivity contribution in [2.24, 2.45) is 0 Å². The molecule has 1 aliphatic heterocycles. The molecule has 1 nitrogen and oxygen atoms in total. The zero-order chi connectivity index (χ0) is 13.5. The summed E-state index contributed by atoms with van der Waals surface area (Å²) in [5, 5.41) is 0. The van der Waals surface area contributed by atoms with Crippen LogP contribution in [0.4, 0.5) is 0 Å². The van der Waals surface area contributed by atoms with E-state index in [1.165, 1.54) is 42.4 Å². The van der Waals surface area contributed by atoms with Crippen molar-refractivity contribution < 1.29 is 4.74 Å². The molecule has 0 saturated carbocycles. The Labute approximate surface area is 117 Å². The van der Waals surface area contributed by atoms with Gasteiger partial charge in [-0.1, -0.05) is 44.5 Å². The van der Waals surface area contributed by atoms with Crippen molar-refractivity contribution in [1.29, 1.82) is 0 Å². The second kappa shape index (κ2) is 7.37. The second-order valence-electron chi connectivity index (χ2n) is 5.53. The van der Waals surface area contributed by atoms with Crippen molar-refractivity contribution in [1.82, 2.24) is 0 Å². The first-order chi connectivity index (χ1) is 9.31. The van der Waals surface area contributed by atoms with Crippen molar-refractivity contribution in [2.45, 2.75) is 64.9 Å². The van der Waals surface area contributed by atoms with Crippen LogP contribution in [0.3, 0.4) is 0 Å². The van der Waals surface area contributed by atoms with E-state index in [0.717, 1.165) is 19.3 Å². The van der Waals surface area contributed by atoms with Crippen molar-refractivity contribution in [3.8, 4) is 0 Å². The highest BCUT2D eigenvalue weighted by Crippen LogP contribution is 2.24. The third kappa shape index (κ3) is 4.41. The molecule has 0 aromatic heterocycles. The molecule has 1 heteroatoms.